The van der Waals surface area contributed by atoms with E-state index in [0.717, 1.165) is 10.7 Å². The number of ether oxygens (including phenoxy) is 1. The number of amides is 3. The number of fused-ring (bicyclic) bond motifs is 3. The van der Waals surface area contributed by atoms with Crippen molar-refractivity contribution in [2.45, 2.75) is 19.1 Å². The number of nitrogens with zero attached hydrogens (tertiary/aromatic N) is 2. The van der Waals surface area contributed by atoms with E-state index < -0.39 is 18.2 Å². The molecule has 100 valence electrons. The minimum atomic E-state index is -0.710. The number of anilines is 1. The highest BCUT2D eigenvalue weighted by atomic mass is 16.5. The number of urea groups is 1. The molecule has 19 heavy (non-hydrogen) atoms. The van der Waals surface area contributed by atoms with Crippen LogP contribution in [0.5, 0.6) is 5.75 Å². The van der Waals surface area contributed by atoms with E-state index >= 15 is 0 Å². The molecule has 3 N–H and O–H groups in total. The number of carbonyl (C=O) groups is 2. The van der Waals surface area contributed by atoms with Crippen LogP contribution in [0.2, 0.25) is 0 Å². The zero-order valence-corrected chi connectivity index (χ0v) is 10.4. The topological polar surface area (TPSA) is 87.9 Å². The highest BCUT2D eigenvalue weighted by molar-refractivity contribution is 5.90. The summed E-state index contributed by atoms with van der Waals surface area (Å²) in [6.07, 6.45) is -0.430. The summed E-state index contributed by atoms with van der Waals surface area (Å²) >= 11 is 0. The smallest absolute Gasteiger partial charge is 0.335 e. The third kappa shape index (κ3) is 1.66. The monoisotopic (exact) mass is 262 g/mol. The van der Waals surface area contributed by atoms with Crippen molar-refractivity contribution in [2.75, 3.05) is 11.5 Å². The first-order chi connectivity index (χ1) is 9.09. The molecule has 1 unspecified atom stereocenters. The molecule has 0 saturated carbocycles. The molecule has 2 aliphatic heterocycles. The Morgan fingerprint density at radius 3 is 2.95 bits per heavy atom. The largest absolute Gasteiger partial charge is 0.487 e. The number of nitrogens with one attached hydrogen (secondary N) is 1. The number of hydrogen-bond donors (Lipinski definition) is 2. The van der Waals surface area contributed by atoms with Crippen LogP contribution in [-0.2, 0) is 4.79 Å². The van der Waals surface area contributed by atoms with Gasteiger partial charge in [-0.2, -0.15) is 0 Å². The van der Waals surface area contributed by atoms with Crippen molar-refractivity contribution in [3.63, 3.8) is 0 Å². The van der Waals surface area contributed by atoms with Gasteiger partial charge in [0, 0.05) is 0 Å². The Morgan fingerprint density at radius 1 is 1.47 bits per heavy atom. The second kappa shape index (κ2) is 4.04. The van der Waals surface area contributed by atoms with Crippen LogP contribution in [0.1, 0.15) is 6.92 Å². The first-order valence-corrected chi connectivity index (χ1v) is 5.99. The summed E-state index contributed by atoms with van der Waals surface area (Å²) in [7, 11) is 0. The maximum absolute atomic E-state index is 11.9. The van der Waals surface area contributed by atoms with E-state index in [0.29, 0.717) is 5.75 Å². The molecule has 1 aromatic rings. The highest BCUT2D eigenvalue weighted by Gasteiger charge is 2.43. The van der Waals surface area contributed by atoms with Gasteiger partial charge >= 0.3 is 6.03 Å². The molecule has 0 radical (unpaired) electrons. The predicted octanol–water partition coefficient (Wildman–Crippen LogP) is 0.0255. The number of para-hydroxylation sites is 2. The van der Waals surface area contributed by atoms with E-state index in [9.17, 15) is 9.59 Å². The van der Waals surface area contributed by atoms with E-state index in [1.54, 1.807) is 6.92 Å². The average molecular weight is 262 g/mol. The summed E-state index contributed by atoms with van der Waals surface area (Å²) in [6.45, 7) is 2.04. The van der Waals surface area contributed by atoms with Crippen LogP contribution in [-0.4, -0.2) is 35.8 Å². The third-order valence-corrected chi connectivity index (χ3v) is 3.42. The predicted molar refractivity (Wildman–Crippen MR) is 67.2 cm³/mol. The summed E-state index contributed by atoms with van der Waals surface area (Å²) in [6, 6.07) is 6.30. The first kappa shape index (κ1) is 11.6. The number of rotatable bonds is 0. The number of hydrazine groups is 1. The molecule has 3 rings (SSSR count). The van der Waals surface area contributed by atoms with Crippen LogP contribution >= 0.6 is 0 Å². The van der Waals surface area contributed by atoms with Crippen molar-refractivity contribution in [1.82, 2.24) is 10.4 Å². The van der Waals surface area contributed by atoms with Gasteiger partial charge in [0.15, 0.2) is 6.17 Å². The molecular formula is C12H14N4O3. The normalized spacial score (nSPS) is 25.0. The lowest BCUT2D eigenvalue weighted by atomic mass is 10.1. The molecule has 2 aliphatic rings. The van der Waals surface area contributed by atoms with E-state index in [2.05, 4.69) is 5.43 Å². The van der Waals surface area contributed by atoms with Crippen LogP contribution in [0.25, 0.3) is 0 Å². The summed E-state index contributed by atoms with van der Waals surface area (Å²) in [5.74, 6) is 0.427. The van der Waals surface area contributed by atoms with Gasteiger partial charge < -0.3 is 15.4 Å². The van der Waals surface area contributed by atoms with E-state index in [4.69, 9.17) is 10.5 Å². The van der Waals surface area contributed by atoms with Crippen LogP contribution < -0.4 is 20.8 Å². The van der Waals surface area contributed by atoms with Crippen molar-refractivity contribution in [2.24, 2.45) is 5.73 Å². The zero-order chi connectivity index (χ0) is 13.6. The first-order valence-electron chi connectivity index (χ1n) is 5.99. The molecule has 1 aromatic carbocycles. The van der Waals surface area contributed by atoms with Gasteiger partial charge in [-0.15, -0.1) is 0 Å². The molecule has 0 spiro atoms. The second-order valence-electron chi connectivity index (χ2n) is 4.53. The van der Waals surface area contributed by atoms with Crippen molar-refractivity contribution in [1.29, 1.82) is 0 Å². The summed E-state index contributed by atoms with van der Waals surface area (Å²) < 4.78 is 5.61. The maximum Gasteiger partial charge on any atom is 0.335 e. The summed E-state index contributed by atoms with van der Waals surface area (Å²) in [5.41, 5.74) is 8.57. The maximum atomic E-state index is 11.9. The average Bonchev–Trinajstić information content (AvgIpc) is 2.41. The number of hydrogen-bond acceptors (Lipinski definition) is 4. The molecule has 3 amide bonds. The standard InChI is InChI=1S/C12H14N4O3/c1-7-11(17)14-16(12(13)18)10-6-19-9-5-3-2-4-8(9)15(7)10/h2-5,7,10H,6H2,1H3,(H2,13,18)(H,14,17)/t7-,10?/m0/s1. The molecule has 1 saturated heterocycles. The van der Waals surface area contributed by atoms with Gasteiger partial charge in [0.05, 0.1) is 5.69 Å². The van der Waals surface area contributed by atoms with Crippen LogP contribution in [0.3, 0.4) is 0 Å². The van der Waals surface area contributed by atoms with Gasteiger partial charge in [-0.05, 0) is 19.1 Å². The Labute approximate surface area is 109 Å². The highest BCUT2D eigenvalue weighted by Crippen LogP contribution is 2.36. The molecule has 0 aliphatic carbocycles. The van der Waals surface area contributed by atoms with Crippen LogP contribution in [0.15, 0.2) is 24.3 Å². The Kier molecular flexibility index (Phi) is 2.48. The number of carbonyl (C=O) groups excluding carboxylic acids is 2. The van der Waals surface area contributed by atoms with E-state index in [-0.39, 0.29) is 12.5 Å². The van der Waals surface area contributed by atoms with Crippen molar-refractivity contribution in [3.05, 3.63) is 24.3 Å². The minimum absolute atomic E-state index is 0.255. The fourth-order valence-corrected chi connectivity index (χ4v) is 2.48. The second-order valence-corrected chi connectivity index (χ2v) is 4.53. The third-order valence-electron chi connectivity index (χ3n) is 3.42. The SMILES string of the molecule is C[C@H]1C(=O)NN(C(N)=O)C2COc3ccccc3N21. The lowest BCUT2D eigenvalue weighted by Crippen LogP contribution is -2.72. The molecule has 7 nitrogen and oxygen atoms in total. The number of primary amides is 1. The Bertz CT molecular complexity index is 548. The zero-order valence-electron chi connectivity index (χ0n) is 10.4. The summed E-state index contributed by atoms with van der Waals surface area (Å²) in [4.78, 5) is 25.2. The van der Waals surface area contributed by atoms with Crippen LogP contribution in [0.4, 0.5) is 10.5 Å². The molecule has 0 aromatic heterocycles. The Morgan fingerprint density at radius 2 is 2.21 bits per heavy atom. The fraction of sp³-hybridized carbons (Fsp3) is 0.333. The quantitative estimate of drug-likeness (QED) is 0.690. The van der Waals surface area contributed by atoms with Gasteiger partial charge in [0.2, 0.25) is 0 Å². The lowest BCUT2D eigenvalue weighted by molar-refractivity contribution is -0.130. The fourth-order valence-electron chi connectivity index (χ4n) is 2.48. The molecular weight excluding hydrogens is 248 g/mol. The Hall–Kier alpha value is -2.44. The van der Waals surface area contributed by atoms with Gasteiger partial charge in [-0.1, -0.05) is 12.1 Å². The lowest BCUT2D eigenvalue weighted by Gasteiger charge is -2.49. The van der Waals surface area contributed by atoms with E-state index in [1.807, 2.05) is 29.2 Å². The van der Waals surface area contributed by atoms with Crippen LogP contribution in [0, 0.1) is 0 Å². The van der Waals surface area contributed by atoms with Gasteiger partial charge in [-0.3, -0.25) is 10.2 Å². The molecule has 1 fully saturated rings. The minimum Gasteiger partial charge on any atom is -0.487 e. The molecule has 2 atom stereocenters. The van der Waals surface area contributed by atoms with E-state index in [1.165, 1.54) is 0 Å². The van der Waals surface area contributed by atoms with Crippen molar-refractivity contribution >= 4 is 17.6 Å². The number of benzene rings is 1. The summed E-state index contributed by atoms with van der Waals surface area (Å²) in [5, 5.41) is 1.11. The van der Waals surface area contributed by atoms with Gasteiger partial charge in [0.25, 0.3) is 5.91 Å². The molecule has 7 heteroatoms. The van der Waals surface area contributed by atoms with Crippen molar-refractivity contribution in [3.8, 4) is 5.75 Å². The number of nitrogens with two attached hydrogens (primary N) is 1. The van der Waals surface area contributed by atoms with Gasteiger partial charge in [-0.25, -0.2) is 9.80 Å². The van der Waals surface area contributed by atoms with Crippen molar-refractivity contribution < 1.29 is 14.3 Å². The Balaban J connectivity index is 2.06. The molecule has 2 heterocycles. The molecule has 0 bridgehead atoms. The van der Waals surface area contributed by atoms with Gasteiger partial charge in [0.1, 0.15) is 18.4 Å².